The first-order valence-electron chi connectivity index (χ1n) is 11.3. The van der Waals surface area contributed by atoms with Crippen LogP contribution in [-0.2, 0) is 14.8 Å². The summed E-state index contributed by atoms with van der Waals surface area (Å²) in [5, 5.41) is 2.71. The smallest absolute Gasteiger partial charge is 0.264 e. The molecule has 198 valence electrons. The van der Waals surface area contributed by atoms with Crippen LogP contribution in [0.2, 0.25) is 0 Å². The van der Waals surface area contributed by atoms with Gasteiger partial charge in [-0.15, -0.1) is 0 Å². The third-order valence-corrected chi connectivity index (χ3v) is 7.12. The monoisotopic (exact) mass is 530 g/mol. The quantitative estimate of drug-likeness (QED) is 0.375. The molecule has 1 N–H and O–H groups in total. The molecule has 0 saturated heterocycles. The summed E-state index contributed by atoms with van der Waals surface area (Å²) >= 11 is 0. The Morgan fingerprint density at radius 2 is 1.43 bits per heavy atom. The van der Waals surface area contributed by atoms with Crippen molar-refractivity contribution in [2.75, 3.05) is 51.2 Å². The zero-order valence-electron chi connectivity index (χ0n) is 21.3. The van der Waals surface area contributed by atoms with Gasteiger partial charge in [-0.2, -0.15) is 0 Å². The molecular formula is C26H30N2O8S. The van der Waals surface area contributed by atoms with Gasteiger partial charge in [0, 0.05) is 12.1 Å². The fraction of sp³-hybridized carbons (Fsp3) is 0.269. The molecule has 0 aliphatic carbocycles. The Balaban J connectivity index is 1.99. The summed E-state index contributed by atoms with van der Waals surface area (Å²) in [5.74, 6) is 1.51. The Morgan fingerprint density at radius 3 is 2.03 bits per heavy atom. The Morgan fingerprint density at radius 1 is 0.784 bits per heavy atom. The van der Waals surface area contributed by atoms with E-state index in [9.17, 15) is 13.2 Å². The second kappa shape index (κ2) is 12.2. The highest BCUT2D eigenvalue weighted by Gasteiger charge is 2.29. The van der Waals surface area contributed by atoms with Crippen molar-refractivity contribution >= 4 is 27.3 Å². The van der Waals surface area contributed by atoms with Crippen molar-refractivity contribution in [2.24, 2.45) is 0 Å². The number of nitrogens with zero attached hydrogens (tertiary/aromatic N) is 1. The van der Waals surface area contributed by atoms with Crippen LogP contribution in [0.3, 0.4) is 0 Å². The summed E-state index contributed by atoms with van der Waals surface area (Å²) in [7, 11) is 1.63. The molecule has 0 radical (unpaired) electrons. The molecule has 0 aliphatic heterocycles. The van der Waals surface area contributed by atoms with E-state index in [1.165, 1.54) is 46.6 Å². The Bertz CT molecular complexity index is 1330. The maximum atomic E-state index is 13.8. The van der Waals surface area contributed by atoms with Crippen LogP contribution in [0.5, 0.6) is 28.7 Å². The lowest BCUT2D eigenvalue weighted by Crippen LogP contribution is -2.38. The normalized spacial score (nSPS) is 10.8. The lowest BCUT2D eigenvalue weighted by atomic mass is 10.2. The number of hydrogen-bond donors (Lipinski definition) is 1. The van der Waals surface area contributed by atoms with Gasteiger partial charge in [-0.05, 0) is 55.5 Å². The van der Waals surface area contributed by atoms with Crippen molar-refractivity contribution in [1.82, 2.24) is 0 Å². The lowest BCUT2D eigenvalue weighted by Gasteiger charge is -2.25. The molecule has 0 aromatic heterocycles. The van der Waals surface area contributed by atoms with E-state index in [1.807, 2.05) is 6.92 Å². The Hall–Kier alpha value is -4.12. The van der Waals surface area contributed by atoms with Gasteiger partial charge in [-0.3, -0.25) is 9.10 Å². The van der Waals surface area contributed by atoms with Gasteiger partial charge in [-0.1, -0.05) is 0 Å². The van der Waals surface area contributed by atoms with E-state index in [1.54, 1.807) is 42.5 Å². The van der Waals surface area contributed by atoms with Crippen LogP contribution in [0.25, 0.3) is 0 Å². The standard InChI is InChI=1S/C26H30N2O8S/c1-6-36-19-9-7-18(8-10-19)28(37(30,31)21-12-14-23(33-3)25(16-21)35-5)17-26(29)27-22-13-11-20(32-2)15-24(22)34-4/h7-16H,6,17H2,1-5H3,(H,27,29). The molecule has 0 unspecified atom stereocenters. The molecule has 0 aliphatic rings. The van der Waals surface area contributed by atoms with E-state index >= 15 is 0 Å². The zero-order valence-corrected chi connectivity index (χ0v) is 22.1. The van der Waals surface area contributed by atoms with Gasteiger partial charge in [0.25, 0.3) is 10.0 Å². The average Bonchev–Trinajstić information content (AvgIpc) is 2.92. The third-order valence-electron chi connectivity index (χ3n) is 5.35. The van der Waals surface area contributed by atoms with Crippen LogP contribution < -0.4 is 33.3 Å². The summed E-state index contributed by atoms with van der Waals surface area (Å²) in [5.41, 5.74) is 0.638. The van der Waals surface area contributed by atoms with Gasteiger partial charge >= 0.3 is 0 Å². The summed E-state index contributed by atoms with van der Waals surface area (Å²) in [6.45, 7) is 1.79. The van der Waals surface area contributed by atoms with Crippen molar-refractivity contribution in [2.45, 2.75) is 11.8 Å². The second-order valence-electron chi connectivity index (χ2n) is 7.57. The van der Waals surface area contributed by atoms with Gasteiger partial charge in [0.05, 0.1) is 51.3 Å². The molecule has 3 aromatic rings. The first-order chi connectivity index (χ1) is 17.8. The second-order valence-corrected chi connectivity index (χ2v) is 9.43. The number of sulfonamides is 1. The molecule has 0 atom stereocenters. The molecule has 0 spiro atoms. The number of amides is 1. The minimum Gasteiger partial charge on any atom is -0.497 e. The molecule has 11 heteroatoms. The third kappa shape index (κ3) is 6.36. The Kier molecular flexibility index (Phi) is 9.07. The molecule has 0 saturated carbocycles. The van der Waals surface area contributed by atoms with Gasteiger partial charge in [-0.25, -0.2) is 8.42 Å². The maximum absolute atomic E-state index is 13.8. The minimum atomic E-state index is -4.21. The van der Waals surface area contributed by atoms with Crippen molar-refractivity contribution in [3.8, 4) is 28.7 Å². The molecule has 3 rings (SSSR count). The summed E-state index contributed by atoms with van der Waals surface area (Å²) in [4.78, 5) is 13.0. The van der Waals surface area contributed by atoms with Gasteiger partial charge < -0.3 is 29.0 Å². The number of anilines is 2. The fourth-order valence-corrected chi connectivity index (χ4v) is 4.95. The highest BCUT2D eigenvalue weighted by molar-refractivity contribution is 7.92. The molecule has 0 fully saturated rings. The number of nitrogens with one attached hydrogen (secondary N) is 1. The molecule has 10 nitrogen and oxygen atoms in total. The number of carbonyl (C=O) groups excluding carboxylic acids is 1. The fourth-order valence-electron chi connectivity index (χ4n) is 3.52. The van der Waals surface area contributed by atoms with Crippen LogP contribution in [0.1, 0.15) is 6.92 Å². The zero-order chi connectivity index (χ0) is 27.0. The van der Waals surface area contributed by atoms with Crippen LogP contribution in [0, 0.1) is 0 Å². The topological polar surface area (TPSA) is 113 Å². The first-order valence-corrected chi connectivity index (χ1v) is 12.7. The van der Waals surface area contributed by atoms with Gasteiger partial charge in [0.2, 0.25) is 5.91 Å². The molecule has 3 aromatic carbocycles. The number of ether oxygens (including phenoxy) is 5. The average molecular weight is 531 g/mol. The van der Waals surface area contributed by atoms with Crippen molar-refractivity contribution < 1.29 is 36.9 Å². The van der Waals surface area contributed by atoms with Crippen LogP contribution >= 0.6 is 0 Å². The van der Waals surface area contributed by atoms with E-state index < -0.39 is 22.5 Å². The number of benzene rings is 3. The van der Waals surface area contributed by atoms with Crippen molar-refractivity contribution in [1.29, 1.82) is 0 Å². The predicted molar refractivity (Wildman–Crippen MR) is 140 cm³/mol. The number of hydrogen-bond acceptors (Lipinski definition) is 8. The SMILES string of the molecule is CCOc1ccc(N(CC(=O)Nc2ccc(OC)cc2OC)S(=O)(=O)c2ccc(OC)c(OC)c2)cc1. The van der Waals surface area contributed by atoms with E-state index in [-0.39, 0.29) is 16.3 Å². The van der Waals surface area contributed by atoms with Crippen molar-refractivity contribution in [3.63, 3.8) is 0 Å². The number of rotatable bonds is 12. The van der Waals surface area contributed by atoms with E-state index in [0.29, 0.717) is 35.3 Å². The summed E-state index contributed by atoms with van der Waals surface area (Å²) < 4.78 is 55.1. The van der Waals surface area contributed by atoms with Crippen LogP contribution in [-0.4, -0.2) is 55.9 Å². The predicted octanol–water partition coefficient (Wildman–Crippen LogP) is 3.95. The minimum absolute atomic E-state index is 0.0751. The molecule has 37 heavy (non-hydrogen) atoms. The maximum Gasteiger partial charge on any atom is 0.264 e. The largest absolute Gasteiger partial charge is 0.497 e. The van der Waals surface area contributed by atoms with Crippen LogP contribution in [0.4, 0.5) is 11.4 Å². The molecule has 0 heterocycles. The highest BCUT2D eigenvalue weighted by atomic mass is 32.2. The van der Waals surface area contributed by atoms with Gasteiger partial charge in [0.1, 0.15) is 23.8 Å². The van der Waals surface area contributed by atoms with E-state index in [4.69, 9.17) is 23.7 Å². The van der Waals surface area contributed by atoms with E-state index in [2.05, 4.69) is 5.32 Å². The van der Waals surface area contributed by atoms with Crippen molar-refractivity contribution in [3.05, 3.63) is 60.7 Å². The molecular weight excluding hydrogens is 500 g/mol. The number of methoxy groups -OCH3 is 4. The van der Waals surface area contributed by atoms with Crippen LogP contribution in [0.15, 0.2) is 65.6 Å². The summed E-state index contributed by atoms with van der Waals surface area (Å²) in [6.07, 6.45) is 0. The Labute approximate surface area is 216 Å². The summed E-state index contributed by atoms with van der Waals surface area (Å²) in [6, 6.07) is 15.5. The molecule has 0 bridgehead atoms. The molecule has 1 amide bonds. The lowest BCUT2D eigenvalue weighted by molar-refractivity contribution is -0.114. The number of carbonyl (C=O) groups is 1. The van der Waals surface area contributed by atoms with Gasteiger partial charge in [0.15, 0.2) is 11.5 Å². The first kappa shape index (κ1) is 27.5. The van der Waals surface area contributed by atoms with E-state index in [0.717, 1.165) is 4.31 Å². The highest BCUT2D eigenvalue weighted by Crippen LogP contribution is 2.33.